The van der Waals surface area contributed by atoms with E-state index in [1.807, 2.05) is 24.3 Å². The number of nitrogens with zero attached hydrogens (tertiary/aromatic N) is 2. The van der Waals surface area contributed by atoms with E-state index in [0.29, 0.717) is 12.8 Å². The minimum absolute atomic E-state index is 0.248. The molecule has 1 saturated heterocycles. The van der Waals surface area contributed by atoms with Crippen LogP contribution in [0.2, 0.25) is 0 Å². The molecule has 126 valence electrons. The van der Waals surface area contributed by atoms with E-state index < -0.39 is 30.8 Å². The molecule has 1 aliphatic carbocycles. The fraction of sp³-hybridized carbons (Fsp3) is 0.471. The third kappa shape index (κ3) is 3.23. The summed E-state index contributed by atoms with van der Waals surface area (Å²) in [6.45, 7) is -1.13. The van der Waals surface area contributed by atoms with Gasteiger partial charge in [-0.05, 0) is 24.0 Å². The summed E-state index contributed by atoms with van der Waals surface area (Å²) in [4.78, 5) is 25.1. The first-order valence-electron chi connectivity index (χ1n) is 7.81. The Balaban J connectivity index is 1.54. The molecule has 1 aliphatic heterocycles. The molecule has 0 aromatic heterocycles. The first-order chi connectivity index (χ1) is 11.4. The number of hydrogen-bond acceptors (Lipinski definition) is 3. The Morgan fingerprint density at radius 1 is 1.29 bits per heavy atom. The molecular weight excluding hydrogens is 316 g/mol. The largest absolute Gasteiger partial charge is 0.347 e. The lowest BCUT2D eigenvalue weighted by atomic mass is 10.1. The van der Waals surface area contributed by atoms with Crippen molar-refractivity contribution >= 4 is 11.8 Å². The van der Waals surface area contributed by atoms with E-state index in [9.17, 15) is 18.4 Å². The van der Waals surface area contributed by atoms with Gasteiger partial charge in [-0.2, -0.15) is 5.26 Å². The van der Waals surface area contributed by atoms with Crippen molar-refractivity contribution in [3.05, 3.63) is 35.4 Å². The molecule has 1 heterocycles. The van der Waals surface area contributed by atoms with Crippen LogP contribution in [0, 0.1) is 17.2 Å². The van der Waals surface area contributed by atoms with E-state index in [1.165, 1.54) is 0 Å². The number of carbonyl (C=O) groups excluding carboxylic acids is 2. The van der Waals surface area contributed by atoms with Crippen LogP contribution in [-0.2, 0) is 22.4 Å². The van der Waals surface area contributed by atoms with E-state index in [2.05, 4.69) is 5.32 Å². The highest BCUT2D eigenvalue weighted by molar-refractivity contribution is 5.87. The van der Waals surface area contributed by atoms with Gasteiger partial charge in [-0.15, -0.1) is 0 Å². The second-order valence-corrected chi connectivity index (χ2v) is 6.32. The standard InChI is InChI=1S/C17H17F2N3O2/c18-17(19)7-14(8-20)22(10-17)15(23)9-21-16(24)13-5-11-3-1-2-4-12(11)6-13/h1-4,13-14H,5-7,9-10H2,(H,21,24). The molecular formula is C17H17F2N3O2. The summed E-state index contributed by atoms with van der Waals surface area (Å²) in [5.41, 5.74) is 2.24. The summed E-state index contributed by atoms with van der Waals surface area (Å²) in [5, 5.41) is 11.4. The first kappa shape index (κ1) is 16.4. The summed E-state index contributed by atoms with van der Waals surface area (Å²) in [7, 11) is 0. The van der Waals surface area contributed by atoms with Crippen LogP contribution in [0.5, 0.6) is 0 Å². The number of nitrogens with one attached hydrogen (secondary N) is 1. The van der Waals surface area contributed by atoms with E-state index in [0.717, 1.165) is 16.0 Å². The van der Waals surface area contributed by atoms with Gasteiger partial charge in [-0.1, -0.05) is 24.3 Å². The van der Waals surface area contributed by atoms with Crippen molar-refractivity contribution in [3.8, 4) is 6.07 Å². The van der Waals surface area contributed by atoms with Gasteiger partial charge < -0.3 is 10.2 Å². The summed E-state index contributed by atoms with van der Waals surface area (Å²) in [6, 6.07) is 8.35. The highest BCUT2D eigenvalue weighted by atomic mass is 19.3. The Labute approximate surface area is 138 Å². The summed E-state index contributed by atoms with van der Waals surface area (Å²) < 4.78 is 26.7. The molecule has 3 rings (SSSR count). The Morgan fingerprint density at radius 3 is 2.50 bits per heavy atom. The molecule has 1 aromatic carbocycles. The van der Waals surface area contributed by atoms with Crippen LogP contribution < -0.4 is 5.32 Å². The summed E-state index contributed by atoms with van der Waals surface area (Å²) in [5.74, 6) is -4.21. The second kappa shape index (κ2) is 6.19. The number of amides is 2. The zero-order valence-electron chi connectivity index (χ0n) is 13.0. The van der Waals surface area contributed by atoms with Gasteiger partial charge in [0.2, 0.25) is 11.8 Å². The van der Waals surface area contributed by atoms with Gasteiger partial charge >= 0.3 is 0 Å². The third-order valence-corrected chi connectivity index (χ3v) is 4.57. The Bertz CT molecular complexity index is 689. The van der Waals surface area contributed by atoms with Crippen LogP contribution in [0.1, 0.15) is 17.5 Å². The number of carbonyl (C=O) groups is 2. The van der Waals surface area contributed by atoms with Crippen molar-refractivity contribution in [3.63, 3.8) is 0 Å². The molecule has 0 bridgehead atoms. The van der Waals surface area contributed by atoms with Crippen LogP contribution in [0.4, 0.5) is 8.78 Å². The van der Waals surface area contributed by atoms with Crippen LogP contribution in [0.15, 0.2) is 24.3 Å². The number of benzene rings is 1. The molecule has 0 saturated carbocycles. The minimum atomic E-state index is -3.05. The average molecular weight is 333 g/mol. The first-order valence-corrected chi connectivity index (χ1v) is 7.81. The van der Waals surface area contributed by atoms with Gasteiger partial charge in [0.1, 0.15) is 6.04 Å². The summed E-state index contributed by atoms with van der Waals surface area (Å²) >= 11 is 0. The number of nitriles is 1. The zero-order chi connectivity index (χ0) is 17.3. The van der Waals surface area contributed by atoms with Crippen LogP contribution in [0.3, 0.4) is 0 Å². The molecule has 0 spiro atoms. The third-order valence-electron chi connectivity index (χ3n) is 4.57. The van der Waals surface area contributed by atoms with Crippen molar-refractivity contribution in [2.75, 3.05) is 13.1 Å². The molecule has 5 nitrogen and oxygen atoms in total. The van der Waals surface area contributed by atoms with Gasteiger partial charge in [0.05, 0.1) is 19.2 Å². The predicted molar refractivity (Wildman–Crippen MR) is 81.0 cm³/mol. The highest BCUT2D eigenvalue weighted by Crippen LogP contribution is 2.31. The maximum atomic E-state index is 13.4. The Kier molecular flexibility index (Phi) is 4.22. The zero-order valence-corrected chi connectivity index (χ0v) is 13.0. The number of likely N-dealkylation sites (tertiary alicyclic amines) is 1. The van der Waals surface area contributed by atoms with E-state index in [-0.39, 0.29) is 18.4 Å². The van der Waals surface area contributed by atoms with Crippen molar-refractivity contribution in [2.45, 2.75) is 31.2 Å². The lowest BCUT2D eigenvalue weighted by Crippen LogP contribution is -2.44. The molecule has 1 N–H and O–H groups in total. The normalized spacial score (nSPS) is 22.0. The van der Waals surface area contributed by atoms with Gasteiger partial charge in [0.25, 0.3) is 5.92 Å². The van der Waals surface area contributed by atoms with Crippen molar-refractivity contribution < 1.29 is 18.4 Å². The van der Waals surface area contributed by atoms with Crippen LogP contribution in [0.25, 0.3) is 0 Å². The maximum absolute atomic E-state index is 13.4. The molecule has 2 amide bonds. The van der Waals surface area contributed by atoms with Gasteiger partial charge in [-0.3, -0.25) is 9.59 Å². The molecule has 7 heteroatoms. The fourth-order valence-electron chi connectivity index (χ4n) is 3.35. The van der Waals surface area contributed by atoms with Gasteiger partial charge in [0, 0.05) is 12.3 Å². The fourth-order valence-corrected chi connectivity index (χ4v) is 3.35. The number of rotatable bonds is 3. The molecule has 2 aliphatic rings. The molecule has 1 fully saturated rings. The monoisotopic (exact) mass is 333 g/mol. The SMILES string of the molecule is N#CC1CC(F)(F)CN1C(=O)CNC(=O)C1Cc2ccccc2C1. The smallest absolute Gasteiger partial charge is 0.268 e. The molecule has 1 unspecified atom stereocenters. The molecule has 1 atom stereocenters. The summed E-state index contributed by atoms with van der Waals surface area (Å²) in [6.07, 6.45) is 0.568. The topological polar surface area (TPSA) is 73.2 Å². The average Bonchev–Trinajstić information content (AvgIpc) is 3.12. The Morgan fingerprint density at radius 2 is 1.92 bits per heavy atom. The molecule has 0 radical (unpaired) electrons. The quantitative estimate of drug-likeness (QED) is 0.905. The number of hydrogen-bond donors (Lipinski definition) is 1. The van der Waals surface area contributed by atoms with E-state index in [1.54, 1.807) is 6.07 Å². The van der Waals surface area contributed by atoms with Crippen LogP contribution in [-0.4, -0.2) is 41.8 Å². The lowest BCUT2D eigenvalue weighted by Gasteiger charge is -2.20. The van der Waals surface area contributed by atoms with Crippen molar-refractivity contribution in [2.24, 2.45) is 5.92 Å². The van der Waals surface area contributed by atoms with Crippen LogP contribution >= 0.6 is 0 Å². The van der Waals surface area contributed by atoms with Gasteiger partial charge in [0.15, 0.2) is 0 Å². The molecule has 24 heavy (non-hydrogen) atoms. The van der Waals surface area contributed by atoms with Gasteiger partial charge in [-0.25, -0.2) is 8.78 Å². The number of halogens is 2. The second-order valence-electron chi connectivity index (χ2n) is 6.32. The lowest BCUT2D eigenvalue weighted by molar-refractivity contribution is -0.134. The van der Waals surface area contributed by atoms with Crippen molar-refractivity contribution in [1.82, 2.24) is 10.2 Å². The minimum Gasteiger partial charge on any atom is -0.347 e. The molecule has 1 aromatic rings. The maximum Gasteiger partial charge on any atom is 0.268 e. The Hall–Kier alpha value is -2.49. The van der Waals surface area contributed by atoms with E-state index >= 15 is 0 Å². The number of alkyl halides is 2. The van der Waals surface area contributed by atoms with E-state index in [4.69, 9.17) is 5.26 Å². The van der Waals surface area contributed by atoms with Crippen molar-refractivity contribution in [1.29, 1.82) is 5.26 Å². The highest BCUT2D eigenvalue weighted by Gasteiger charge is 2.47. The predicted octanol–water partition coefficient (Wildman–Crippen LogP) is 1.28. The number of fused-ring (bicyclic) bond motifs is 1.